The van der Waals surface area contributed by atoms with Crippen molar-refractivity contribution in [2.24, 2.45) is 5.92 Å². The van der Waals surface area contributed by atoms with Crippen molar-refractivity contribution in [2.75, 3.05) is 19.7 Å². The molecule has 1 rings (SSSR count). The van der Waals surface area contributed by atoms with E-state index in [-0.39, 0.29) is 37.6 Å². The van der Waals surface area contributed by atoms with Gasteiger partial charge in [-0.2, -0.15) is 0 Å². The largest absolute Gasteiger partial charge is 0.481 e. The Bertz CT molecular complexity index is 365. The zero-order valence-electron chi connectivity index (χ0n) is 12.8. The molecular formula is C14H26N2O4. The van der Waals surface area contributed by atoms with Crippen LogP contribution in [0.4, 0.5) is 4.79 Å². The van der Waals surface area contributed by atoms with Crippen LogP contribution in [0.25, 0.3) is 0 Å². The van der Waals surface area contributed by atoms with Crippen LogP contribution >= 0.6 is 0 Å². The first-order valence-electron chi connectivity index (χ1n) is 7.09. The van der Waals surface area contributed by atoms with Gasteiger partial charge in [-0.25, -0.2) is 4.79 Å². The van der Waals surface area contributed by atoms with E-state index in [2.05, 4.69) is 0 Å². The molecule has 1 aliphatic heterocycles. The van der Waals surface area contributed by atoms with Gasteiger partial charge in [-0.1, -0.05) is 6.92 Å². The Morgan fingerprint density at radius 3 is 2.40 bits per heavy atom. The number of urea groups is 1. The van der Waals surface area contributed by atoms with Gasteiger partial charge in [0.1, 0.15) is 0 Å². The lowest BCUT2D eigenvalue weighted by Gasteiger charge is -2.39. The van der Waals surface area contributed by atoms with Crippen molar-refractivity contribution in [3.05, 3.63) is 0 Å². The minimum Gasteiger partial charge on any atom is -0.481 e. The van der Waals surface area contributed by atoms with E-state index in [0.717, 1.165) is 6.42 Å². The Morgan fingerprint density at radius 2 is 1.95 bits per heavy atom. The van der Waals surface area contributed by atoms with E-state index in [0.29, 0.717) is 6.54 Å². The summed E-state index contributed by atoms with van der Waals surface area (Å²) in [5.41, 5.74) is -0.446. The van der Waals surface area contributed by atoms with E-state index in [4.69, 9.17) is 5.11 Å². The zero-order valence-corrected chi connectivity index (χ0v) is 12.8. The Labute approximate surface area is 120 Å². The number of carboxylic acid groups (broad SMARTS) is 1. The highest BCUT2D eigenvalue weighted by Gasteiger charge is 2.38. The van der Waals surface area contributed by atoms with Gasteiger partial charge in [0.2, 0.25) is 0 Å². The van der Waals surface area contributed by atoms with Gasteiger partial charge in [0.25, 0.3) is 0 Å². The molecule has 0 saturated carbocycles. The van der Waals surface area contributed by atoms with Crippen LogP contribution in [0.5, 0.6) is 0 Å². The molecule has 0 radical (unpaired) electrons. The lowest BCUT2D eigenvalue weighted by atomic mass is 10.0. The number of nitrogens with zero attached hydrogens (tertiary/aromatic N) is 2. The fourth-order valence-electron chi connectivity index (χ4n) is 2.60. The molecule has 1 fully saturated rings. The number of rotatable bonds is 4. The van der Waals surface area contributed by atoms with Gasteiger partial charge in [-0.3, -0.25) is 4.79 Å². The number of amides is 2. The molecule has 20 heavy (non-hydrogen) atoms. The van der Waals surface area contributed by atoms with Crippen LogP contribution in [0.2, 0.25) is 0 Å². The summed E-state index contributed by atoms with van der Waals surface area (Å²) in [7, 11) is 0. The molecule has 1 aliphatic rings. The summed E-state index contributed by atoms with van der Waals surface area (Å²) < 4.78 is 0. The standard InChI is InChI=1S/C14H26N2O4/c1-10-5-7-15(11(10)9-17)13(20)16(14(2,3)4)8-6-12(18)19/h10-11,17H,5-9H2,1-4H3,(H,18,19). The van der Waals surface area contributed by atoms with Crippen molar-refractivity contribution in [2.45, 2.75) is 52.1 Å². The van der Waals surface area contributed by atoms with Crippen molar-refractivity contribution >= 4 is 12.0 Å². The zero-order chi connectivity index (χ0) is 15.5. The van der Waals surface area contributed by atoms with E-state index >= 15 is 0 Å². The van der Waals surface area contributed by atoms with Crippen LogP contribution in [0, 0.1) is 5.92 Å². The second kappa shape index (κ2) is 6.43. The fourth-order valence-corrected chi connectivity index (χ4v) is 2.60. The van der Waals surface area contributed by atoms with Crippen molar-refractivity contribution in [3.8, 4) is 0 Å². The van der Waals surface area contributed by atoms with Gasteiger partial charge in [0, 0.05) is 18.6 Å². The molecule has 0 aromatic heterocycles. The normalized spacial score (nSPS) is 22.9. The van der Waals surface area contributed by atoms with Crippen LogP contribution in [0.15, 0.2) is 0 Å². The molecule has 1 heterocycles. The smallest absolute Gasteiger partial charge is 0.320 e. The van der Waals surface area contributed by atoms with Crippen molar-refractivity contribution in [3.63, 3.8) is 0 Å². The number of aliphatic hydroxyl groups is 1. The van der Waals surface area contributed by atoms with Gasteiger partial charge in [-0.15, -0.1) is 0 Å². The summed E-state index contributed by atoms with van der Waals surface area (Å²) in [6.07, 6.45) is 0.796. The third-order valence-electron chi connectivity index (χ3n) is 3.91. The molecule has 0 spiro atoms. The second-order valence-corrected chi connectivity index (χ2v) is 6.46. The van der Waals surface area contributed by atoms with Gasteiger partial charge in [0.15, 0.2) is 0 Å². The first-order chi connectivity index (χ1) is 9.18. The van der Waals surface area contributed by atoms with Crippen molar-refractivity contribution in [1.29, 1.82) is 0 Å². The molecule has 0 aliphatic carbocycles. The van der Waals surface area contributed by atoms with Gasteiger partial charge in [-0.05, 0) is 33.1 Å². The van der Waals surface area contributed by atoms with Crippen molar-refractivity contribution < 1.29 is 19.8 Å². The number of likely N-dealkylation sites (tertiary alicyclic amines) is 1. The number of carbonyl (C=O) groups excluding carboxylic acids is 1. The predicted molar refractivity (Wildman–Crippen MR) is 75.5 cm³/mol. The third kappa shape index (κ3) is 3.85. The molecule has 1 saturated heterocycles. The van der Waals surface area contributed by atoms with Crippen LogP contribution in [0.3, 0.4) is 0 Å². The molecular weight excluding hydrogens is 260 g/mol. The molecule has 6 heteroatoms. The second-order valence-electron chi connectivity index (χ2n) is 6.46. The Kier molecular flexibility index (Phi) is 5.39. The van der Waals surface area contributed by atoms with Crippen LogP contribution in [0.1, 0.15) is 40.5 Å². The number of carboxylic acids is 1. The number of hydrogen-bond acceptors (Lipinski definition) is 3. The lowest BCUT2D eigenvalue weighted by molar-refractivity contribution is -0.137. The molecule has 116 valence electrons. The van der Waals surface area contributed by atoms with Gasteiger partial charge >= 0.3 is 12.0 Å². The highest BCUT2D eigenvalue weighted by Crippen LogP contribution is 2.27. The summed E-state index contributed by atoms with van der Waals surface area (Å²) in [6.45, 7) is 8.43. The maximum atomic E-state index is 12.7. The van der Waals surface area contributed by atoms with E-state index in [9.17, 15) is 14.7 Å². The first-order valence-corrected chi connectivity index (χ1v) is 7.09. The number of carbonyl (C=O) groups is 2. The SMILES string of the molecule is CC1CCN(C(=O)N(CCC(=O)O)C(C)(C)C)C1CO. The van der Waals surface area contributed by atoms with Crippen molar-refractivity contribution in [1.82, 2.24) is 9.80 Å². The highest BCUT2D eigenvalue weighted by atomic mass is 16.4. The quantitative estimate of drug-likeness (QED) is 0.818. The van der Waals surface area contributed by atoms with E-state index < -0.39 is 11.5 Å². The maximum Gasteiger partial charge on any atom is 0.320 e. The number of aliphatic carboxylic acids is 1. The van der Waals surface area contributed by atoms with E-state index in [1.165, 1.54) is 0 Å². The van der Waals surface area contributed by atoms with Crippen LogP contribution < -0.4 is 0 Å². The minimum absolute atomic E-state index is 0.0518. The summed E-state index contributed by atoms with van der Waals surface area (Å²) in [5.74, 6) is -0.647. The molecule has 2 atom stereocenters. The molecule has 2 amide bonds. The van der Waals surface area contributed by atoms with Crippen LogP contribution in [-0.4, -0.2) is 63.3 Å². The monoisotopic (exact) mass is 286 g/mol. The Morgan fingerprint density at radius 1 is 1.35 bits per heavy atom. The fraction of sp³-hybridized carbons (Fsp3) is 0.857. The Balaban J connectivity index is 2.85. The highest BCUT2D eigenvalue weighted by molar-refractivity contribution is 5.77. The summed E-state index contributed by atoms with van der Waals surface area (Å²) in [4.78, 5) is 26.7. The molecule has 0 aromatic carbocycles. The first kappa shape index (κ1) is 16.8. The van der Waals surface area contributed by atoms with Gasteiger partial charge in [0.05, 0.1) is 19.1 Å². The van der Waals surface area contributed by atoms with E-state index in [1.807, 2.05) is 27.7 Å². The molecule has 0 bridgehead atoms. The van der Waals surface area contributed by atoms with Gasteiger partial charge < -0.3 is 20.0 Å². The molecule has 2 N–H and O–H groups in total. The average molecular weight is 286 g/mol. The summed E-state index contributed by atoms with van der Waals surface area (Å²) in [5, 5.41) is 18.3. The van der Waals surface area contributed by atoms with E-state index in [1.54, 1.807) is 9.80 Å². The molecule has 2 unspecified atom stereocenters. The molecule has 0 aromatic rings. The lowest BCUT2D eigenvalue weighted by Crippen LogP contribution is -2.54. The average Bonchev–Trinajstić information content (AvgIpc) is 2.68. The molecule has 6 nitrogen and oxygen atoms in total. The number of aliphatic hydroxyl groups excluding tert-OH is 1. The predicted octanol–water partition coefficient (Wildman–Crippen LogP) is 1.38. The number of hydrogen-bond donors (Lipinski definition) is 2. The summed E-state index contributed by atoms with van der Waals surface area (Å²) >= 11 is 0. The summed E-state index contributed by atoms with van der Waals surface area (Å²) in [6, 6.07) is -0.348. The third-order valence-corrected chi connectivity index (χ3v) is 3.91. The maximum absolute atomic E-state index is 12.7. The van der Waals surface area contributed by atoms with Crippen LogP contribution in [-0.2, 0) is 4.79 Å². The Hall–Kier alpha value is -1.30. The minimum atomic E-state index is -0.916. The topological polar surface area (TPSA) is 81.1 Å².